The molecule has 0 heterocycles. The van der Waals surface area contributed by atoms with Crippen LogP contribution in [0.2, 0.25) is 0 Å². The van der Waals surface area contributed by atoms with Crippen molar-refractivity contribution in [2.75, 3.05) is 13.7 Å². The molecule has 2 unspecified atom stereocenters. The molecule has 10 nitrogen and oxygen atoms in total. The van der Waals surface area contributed by atoms with E-state index in [1.54, 1.807) is 13.0 Å². The lowest BCUT2D eigenvalue weighted by molar-refractivity contribution is -0.139. The van der Waals surface area contributed by atoms with Gasteiger partial charge in [0.25, 0.3) is 0 Å². The van der Waals surface area contributed by atoms with Crippen LogP contribution >= 0.6 is 0 Å². The number of nitrogens with two attached hydrogens (primary N) is 1. The Bertz CT molecular complexity index is 897. The van der Waals surface area contributed by atoms with Gasteiger partial charge in [-0.2, -0.15) is 0 Å². The van der Waals surface area contributed by atoms with Crippen LogP contribution in [0.5, 0.6) is 11.5 Å². The van der Waals surface area contributed by atoms with Crippen molar-refractivity contribution >= 4 is 24.1 Å². The normalized spacial score (nSPS) is 13.6. The second-order valence-corrected chi connectivity index (χ2v) is 9.65. The van der Waals surface area contributed by atoms with Gasteiger partial charge in [-0.05, 0) is 48.3 Å². The molecule has 0 fully saturated rings. The molecule has 0 aliphatic heterocycles. The van der Waals surface area contributed by atoms with Gasteiger partial charge in [-0.25, -0.2) is 4.79 Å². The minimum atomic E-state index is -1.36. The van der Waals surface area contributed by atoms with E-state index in [2.05, 4.69) is 4.74 Å². The van der Waals surface area contributed by atoms with Crippen LogP contribution in [-0.4, -0.2) is 48.9 Å². The first-order chi connectivity index (χ1) is 16.8. The molecule has 36 heavy (non-hydrogen) atoms. The van der Waals surface area contributed by atoms with Gasteiger partial charge >= 0.3 is 24.1 Å². The van der Waals surface area contributed by atoms with Crippen molar-refractivity contribution in [2.24, 2.45) is 23.5 Å². The molecular formula is C26H39NO9. The molecule has 0 radical (unpaired) electrons. The third kappa shape index (κ3) is 10.6. The fourth-order valence-electron chi connectivity index (χ4n) is 3.46. The van der Waals surface area contributed by atoms with Gasteiger partial charge in [-0.3, -0.25) is 14.4 Å². The van der Waals surface area contributed by atoms with Crippen molar-refractivity contribution in [3.05, 3.63) is 23.8 Å². The average Bonchev–Trinajstić information content (AvgIpc) is 2.81. The number of aliphatic carboxylic acids is 1. The predicted molar refractivity (Wildman–Crippen MR) is 132 cm³/mol. The molecule has 1 aromatic carbocycles. The van der Waals surface area contributed by atoms with Gasteiger partial charge in [-0.1, -0.05) is 40.7 Å². The highest BCUT2D eigenvalue weighted by Gasteiger charge is 2.33. The molecule has 3 N–H and O–H groups in total. The Labute approximate surface area is 212 Å². The van der Waals surface area contributed by atoms with Crippen LogP contribution in [0.4, 0.5) is 4.79 Å². The second kappa shape index (κ2) is 15.1. The summed E-state index contributed by atoms with van der Waals surface area (Å²) in [6.07, 6.45) is 0.677. The van der Waals surface area contributed by atoms with Crippen molar-refractivity contribution in [3.8, 4) is 11.5 Å². The Hall–Kier alpha value is -3.14. The molecule has 202 valence electrons. The first-order valence-corrected chi connectivity index (χ1v) is 12.1. The summed E-state index contributed by atoms with van der Waals surface area (Å²) in [5, 5.41) is 9.59. The van der Waals surface area contributed by atoms with E-state index in [4.69, 9.17) is 19.9 Å². The number of hydrogen-bond acceptors (Lipinski definition) is 9. The van der Waals surface area contributed by atoms with E-state index in [-0.39, 0.29) is 36.9 Å². The lowest BCUT2D eigenvalue weighted by atomic mass is 9.82. The van der Waals surface area contributed by atoms with Crippen LogP contribution in [0.3, 0.4) is 0 Å². The smallest absolute Gasteiger partial charge is 0.480 e. The number of carbonyl (C=O) groups is 4. The maximum atomic E-state index is 12.5. The van der Waals surface area contributed by atoms with Gasteiger partial charge in [0.15, 0.2) is 11.5 Å². The maximum absolute atomic E-state index is 12.5. The van der Waals surface area contributed by atoms with Crippen molar-refractivity contribution in [1.82, 2.24) is 0 Å². The Morgan fingerprint density at radius 2 is 1.42 bits per heavy atom. The molecule has 10 heteroatoms. The van der Waals surface area contributed by atoms with Crippen LogP contribution in [0.1, 0.15) is 71.8 Å². The fraction of sp³-hybridized carbons (Fsp3) is 0.615. The Morgan fingerprint density at radius 1 is 0.889 bits per heavy atom. The molecule has 0 aromatic heterocycles. The lowest BCUT2D eigenvalue weighted by Crippen LogP contribution is -2.40. The summed E-state index contributed by atoms with van der Waals surface area (Å²) >= 11 is 0. The van der Waals surface area contributed by atoms with E-state index in [1.165, 1.54) is 12.1 Å². The third-order valence-electron chi connectivity index (χ3n) is 5.57. The monoisotopic (exact) mass is 509 g/mol. The molecule has 3 atom stereocenters. The summed E-state index contributed by atoms with van der Waals surface area (Å²) < 4.78 is 20.5. The summed E-state index contributed by atoms with van der Waals surface area (Å²) in [6.45, 7) is 9.44. The summed E-state index contributed by atoms with van der Waals surface area (Å²) in [6, 6.07) is 3.09. The summed E-state index contributed by atoms with van der Waals surface area (Å²) in [5.74, 6) is -2.99. The second-order valence-electron chi connectivity index (χ2n) is 9.65. The van der Waals surface area contributed by atoms with Gasteiger partial charge < -0.3 is 29.8 Å². The zero-order valence-electron chi connectivity index (χ0n) is 21.9. The van der Waals surface area contributed by atoms with Gasteiger partial charge in [0.1, 0.15) is 6.04 Å². The molecular weight excluding hydrogens is 470 g/mol. The van der Waals surface area contributed by atoms with Crippen LogP contribution in [-0.2, 0) is 23.9 Å². The third-order valence-corrected chi connectivity index (χ3v) is 5.57. The molecule has 0 amide bonds. The first kappa shape index (κ1) is 30.9. The van der Waals surface area contributed by atoms with Crippen LogP contribution in [0.25, 0.3) is 0 Å². The number of methoxy groups -OCH3 is 1. The Kier molecular flexibility index (Phi) is 12.9. The number of hydrogen-bond donors (Lipinski definition) is 2. The summed E-state index contributed by atoms with van der Waals surface area (Å²) in [5.41, 5.74) is 6.40. The van der Waals surface area contributed by atoms with Crippen molar-refractivity contribution in [1.29, 1.82) is 0 Å². The molecule has 0 spiro atoms. The largest absolute Gasteiger partial charge is 0.507 e. The van der Waals surface area contributed by atoms with Gasteiger partial charge in [0.2, 0.25) is 0 Å². The highest BCUT2D eigenvalue weighted by molar-refractivity contribution is 5.77. The molecule has 0 saturated carbocycles. The summed E-state index contributed by atoms with van der Waals surface area (Å²) in [7, 11) is 1.16. The Morgan fingerprint density at radius 3 is 1.89 bits per heavy atom. The van der Waals surface area contributed by atoms with E-state index in [0.717, 1.165) is 7.11 Å². The van der Waals surface area contributed by atoms with Crippen LogP contribution in [0.15, 0.2) is 18.2 Å². The number of benzene rings is 1. The van der Waals surface area contributed by atoms with Gasteiger partial charge in [0.05, 0.1) is 13.7 Å². The fourth-order valence-corrected chi connectivity index (χ4v) is 3.46. The lowest BCUT2D eigenvalue weighted by Gasteiger charge is -2.27. The van der Waals surface area contributed by atoms with Crippen LogP contribution in [0, 0.1) is 17.8 Å². The molecule has 0 aliphatic rings. The maximum Gasteiger partial charge on any atom is 0.507 e. The van der Waals surface area contributed by atoms with Crippen molar-refractivity contribution in [3.63, 3.8) is 0 Å². The van der Waals surface area contributed by atoms with E-state index in [0.29, 0.717) is 24.3 Å². The number of rotatable bonds is 14. The minimum absolute atomic E-state index is 0.0113. The molecule has 0 bridgehead atoms. The highest BCUT2D eigenvalue weighted by atomic mass is 16.7. The van der Waals surface area contributed by atoms with Crippen LogP contribution < -0.4 is 15.2 Å². The molecule has 1 rings (SSSR count). The predicted octanol–water partition coefficient (Wildman–Crippen LogP) is 4.28. The SMILES string of the molecule is COC(=O)OCC(C)C(c1ccc(OC(=O)CCC(C)C)c(OC(=O)CCC(C)C)c1)[C@H](N)C(=O)O. The standard InChI is InChI=1S/C26H39NO9/c1-15(2)7-11-21(28)35-19-10-9-18(13-20(19)36-22(29)12-8-16(3)4)23(24(27)25(30)31)17(5)14-34-26(32)33-6/h9-10,13,15-17,23-24H,7-8,11-12,14,27H2,1-6H3,(H,30,31)/t17?,23?,24-/m0/s1. The zero-order chi connectivity index (χ0) is 27.4. The van der Waals surface area contributed by atoms with E-state index in [9.17, 15) is 24.3 Å². The minimum Gasteiger partial charge on any atom is -0.480 e. The highest BCUT2D eigenvalue weighted by Crippen LogP contribution is 2.36. The number of carbonyl (C=O) groups excluding carboxylic acids is 3. The quantitative estimate of drug-likeness (QED) is 0.274. The van der Waals surface area contributed by atoms with Crippen molar-refractivity contribution in [2.45, 2.75) is 72.3 Å². The molecule has 1 aromatic rings. The van der Waals surface area contributed by atoms with E-state index in [1.807, 2.05) is 27.7 Å². The van der Waals surface area contributed by atoms with Crippen molar-refractivity contribution < 1.29 is 43.2 Å². The molecule has 0 aliphatic carbocycles. The number of esters is 2. The zero-order valence-corrected chi connectivity index (χ0v) is 21.9. The number of carboxylic acid groups (broad SMARTS) is 1. The van der Waals surface area contributed by atoms with E-state index < -0.39 is 41.9 Å². The average molecular weight is 510 g/mol. The summed E-state index contributed by atoms with van der Waals surface area (Å²) in [4.78, 5) is 48.0. The Balaban J connectivity index is 3.33. The number of ether oxygens (including phenoxy) is 4. The number of carboxylic acids is 1. The first-order valence-electron chi connectivity index (χ1n) is 12.1. The van der Waals surface area contributed by atoms with Gasteiger partial charge in [-0.15, -0.1) is 0 Å². The van der Waals surface area contributed by atoms with Gasteiger partial charge in [0, 0.05) is 18.8 Å². The topological polar surface area (TPSA) is 151 Å². The van der Waals surface area contributed by atoms with E-state index >= 15 is 0 Å². The molecule has 0 saturated heterocycles.